The van der Waals surface area contributed by atoms with Crippen molar-refractivity contribution >= 4 is 22.7 Å². The lowest BCUT2D eigenvalue weighted by Crippen LogP contribution is -2.49. The lowest BCUT2D eigenvalue weighted by atomic mass is 9.85. The van der Waals surface area contributed by atoms with Crippen LogP contribution in [0.2, 0.25) is 5.02 Å². The van der Waals surface area contributed by atoms with Crippen LogP contribution >= 0.6 is 11.6 Å². The number of rotatable bonds is 8. The van der Waals surface area contributed by atoms with E-state index in [2.05, 4.69) is 17.9 Å². The second-order valence-corrected chi connectivity index (χ2v) is 10.4. The third-order valence-electron chi connectivity index (χ3n) is 7.36. The molecule has 0 aliphatic carbocycles. The fourth-order valence-electron chi connectivity index (χ4n) is 5.23. The van der Waals surface area contributed by atoms with Crippen LogP contribution in [0.3, 0.4) is 0 Å². The molecule has 3 aliphatic rings. The van der Waals surface area contributed by atoms with Crippen LogP contribution in [0.5, 0.6) is 17.2 Å². The molecule has 0 spiro atoms. The second-order valence-electron chi connectivity index (χ2n) is 9.98. The van der Waals surface area contributed by atoms with Gasteiger partial charge >= 0.3 is 0 Å². The number of ether oxygens (including phenoxy) is 3. The number of epoxide rings is 1. The van der Waals surface area contributed by atoms with Gasteiger partial charge in [-0.1, -0.05) is 35.9 Å². The zero-order valence-corrected chi connectivity index (χ0v) is 21.4. The third kappa shape index (κ3) is 4.93. The number of phenolic OH excluding ortho intramolecular Hbond substituents is 1. The van der Waals surface area contributed by atoms with Gasteiger partial charge < -0.3 is 19.3 Å². The fraction of sp³-hybridized carbons (Fsp3) is 0.333. The lowest BCUT2D eigenvalue weighted by Gasteiger charge is -2.37. The van der Waals surface area contributed by atoms with Crippen molar-refractivity contribution in [2.45, 2.75) is 19.1 Å². The Morgan fingerprint density at radius 1 is 1.11 bits per heavy atom. The topological polar surface area (TPSA) is 54.5 Å². The van der Waals surface area contributed by atoms with Gasteiger partial charge in [-0.15, -0.1) is 0 Å². The Kier molecular flexibility index (Phi) is 6.57. The largest absolute Gasteiger partial charge is 0.508 e. The van der Waals surface area contributed by atoms with E-state index in [1.165, 1.54) is 0 Å². The van der Waals surface area contributed by atoms with E-state index in [9.17, 15) is 9.50 Å². The highest BCUT2D eigenvalue weighted by molar-refractivity contribution is 6.31. The number of nitrogens with zero attached hydrogens (tertiary/aromatic N) is 1. The Morgan fingerprint density at radius 3 is 2.59 bits per heavy atom. The van der Waals surface area contributed by atoms with Gasteiger partial charge in [-0.2, -0.15) is 0 Å². The summed E-state index contributed by atoms with van der Waals surface area (Å²) in [5.41, 5.74) is 5.87. The number of alkyl halides is 1. The quantitative estimate of drug-likeness (QED) is 0.345. The van der Waals surface area contributed by atoms with Crippen molar-refractivity contribution in [3.05, 3.63) is 87.9 Å². The normalized spacial score (nSPS) is 21.3. The van der Waals surface area contributed by atoms with Gasteiger partial charge in [0.2, 0.25) is 0 Å². The Balaban J connectivity index is 1.27. The molecule has 0 saturated carbocycles. The van der Waals surface area contributed by atoms with E-state index < -0.39 is 0 Å². The molecular formula is C30H29ClFNO4. The number of fused-ring (bicyclic) bond motifs is 1. The monoisotopic (exact) mass is 521 g/mol. The number of hydrogen-bond acceptors (Lipinski definition) is 5. The molecular weight excluding hydrogens is 493 g/mol. The predicted octanol–water partition coefficient (Wildman–Crippen LogP) is 6.46. The van der Waals surface area contributed by atoms with E-state index in [0.29, 0.717) is 18.2 Å². The predicted molar refractivity (Wildman–Crippen MR) is 142 cm³/mol. The van der Waals surface area contributed by atoms with Crippen molar-refractivity contribution in [1.82, 2.24) is 4.90 Å². The standard InChI is InChI=1S/C30H29ClFNO4/c1-18-24-12-25(28-17-36-28)26(31)13-27(24)37-30(29(18)21-3-2-4-22(34)11-21)20-5-7-23(8-6-20)35-10-9-33-15-19(14-32)16-33/h2-8,11-13,19,28,30,34H,9-10,14-17H2,1H3. The van der Waals surface area contributed by atoms with Crippen LogP contribution in [-0.4, -0.2) is 49.5 Å². The Hall–Kier alpha value is -3.06. The van der Waals surface area contributed by atoms with Crippen LogP contribution in [0.15, 0.2) is 60.7 Å². The average Bonchev–Trinajstić information content (AvgIpc) is 3.71. The summed E-state index contributed by atoms with van der Waals surface area (Å²) in [4.78, 5) is 2.20. The molecule has 192 valence electrons. The van der Waals surface area contributed by atoms with Crippen molar-refractivity contribution in [3.8, 4) is 17.2 Å². The summed E-state index contributed by atoms with van der Waals surface area (Å²) < 4.78 is 30.6. The number of benzene rings is 3. The van der Waals surface area contributed by atoms with Gasteiger partial charge in [0.15, 0.2) is 0 Å². The fourth-order valence-corrected chi connectivity index (χ4v) is 5.50. The van der Waals surface area contributed by atoms with Crippen LogP contribution in [0.1, 0.15) is 41.4 Å². The Labute approximate surface area is 221 Å². The summed E-state index contributed by atoms with van der Waals surface area (Å²) in [6.07, 6.45) is -0.354. The number of allylic oxidation sites excluding steroid dienone is 1. The summed E-state index contributed by atoms with van der Waals surface area (Å²) in [6, 6.07) is 19.1. The molecule has 5 nitrogen and oxygen atoms in total. The van der Waals surface area contributed by atoms with Gasteiger partial charge in [-0.25, -0.2) is 0 Å². The minimum Gasteiger partial charge on any atom is -0.508 e. The van der Waals surface area contributed by atoms with Gasteiger partial charge in [0, 0.05) is 42.3 Å². The SMILES string of the molecule is CC1=C(c2cccc(O)c2)C(c2ccc(OCCN3CC(CF)C3)cc2)Oc2cc(Cl)c(C3CO3)cc21. The number of phenols is 1. The van der Waals surface area contributed by atoms with Crippen LogP contribution < -0.4 is 9.47 Å². The van der Waals surface area contributed by atoms with Gasteiger partial charge in [0.05, 0.1) is 18.3 Å². The molecule has 37 heavy (non-hydrogen) atoms. The Bertz CT molecular complexity index is 1330. The van der Waals surface area contributed by atoms with Gasteiger partial charge in [-0.05, 0) is 60.0 Å². The smallest absolute Gasteiger partial charge is 0.150 e. The van der Waals surface area contributed by atoms with E-state index in [1.54, 1.807) is 12.1 Å². The zero-order valence-electron chi connectivity index (χ0n) is 20.6. The van der Waals surface area contributed by atoms with Crippen LogP contribution in [0.25, 0.3) is 11.1 Å². The maximum atomic E-state index is 12.6. The summed E-state index contributed by atoms with van der Waals surface area (Å²) in [7, 11) is 0. The number of likely N-dealkylation sites (tertiary alicyclic amines) is 1. The number of halogens is 2. The molecule has 3 aromatic carbocycles. The molecule has 2 atom stereocenters. The van der Waals surface area contributed by atoms with Crippen molar-refractivity contribution in [3.63, 3.8) is 0 Å². The number of aromatic hydroxyl groups is 1. The number of hydrogen-bond donors (Lipinski definition) is 1. The molecule has 2 fully saturated rings. The zero-order chi connectivity index (χ0) is 25.5. The molecule has 0 aromatic heterocycles. The van der Waals surface area contributed by atoms with Gasteiger partial charge in [0.25, 0.3) is 0 Å². The lowest BCUT2D eigenvalue weighted by molar-refractivity contribution is 0.0668. The second kappa shape index (κ2) is 10.0. The average molecular weight is 522 g/mol. The summed E-state index contributed by atoms with van der Waals surface area (Å²) in [6.45, 7) is 5.48. The molecule has 2 saturated heterocycles. The summed E-state index contributed by atoms with van der Waals surface area (Å²) >= 11 is 6.59. The first-order chi connectivity index (χ1) is 18.0. The molecule has 2 unspecified atom stereocenters. The first kappa shape index (κ1) is 24.3. The van der Waals surface area contributed by atoms with Crippen molar-refractivity contribution in [2.75, 3.05) is 39.5 Å². The minimum absolute atomic E-state index is 0.0336. The summed E-state index contributed by atoms with van der Waals surface area (Å²) in [5, 5.41) is 10.9. The highest BCUT2D eigenvalue weighted by Crippen LogP contribution is 2.49. The van der Waals surface area contributed by atoms with Crippen LogP contribution in [-0.2, 0) is 4.74 Å². The van der Waals surface area contributed by atoms with E-state index in [1.807, 2.05) is 42.5 Å². The van der Waals surface area contributed by atoms with E-state index in [-0.39, 0.29) is 30.5 Å². The third-order valence-corrected chi connectivity index (χ3v) is 7.69. The van der Waals surface area contributed by atoms with E-state index >= 15 is 0 Å². The molecule has 0 bridgehead atoms. The maximum absolute atomic E-state index is 12.6. The summed E-state index contributed by atoms with van der Waals surface area (Å²) in [5.74, 6) is 1.89. The Morgan fingerprint density at radius 2 is 1.89 bits per heavy atom. The molecule has 0 radical (unpaired) electrons. The molecule has 6 rings (SSSR count). The molecule has 3 heterocycles. The molecule has 7 heteroatoms. The van der Waals surface area contributed by atoms with Gasteiger partial charge in [0.1, 0.15) is 36.1 Å². The van der Waals surface area contributed by atoms with E-state index in [4.69, 9.17) is 25.8 Å². The molecule has 0 amide bonds. The van der Waals surface area contributed by atoms with Crippen LogP contribution in [0.4, 0.5) is 4.39 Å². The first-order valence-electron chi connectivity index (χ1n) is 12.6. The van der Waals surface area contributed by atoms with E-state index in [0.717, 1.165) is 64.5 Å². The van der Waals surface area contributed by atoms with Crippen LogP contribution in [0, 0.1) is 5.92 Å². The highest BCUT2D eigenvalue weighted by Gasteiger charge is 2.33. The highest BCUT2D eigenvalue weighted by atomic mass is 35.5. The van der Waals surface area contributed by atoms with Crippen molar-refractivity contribution < 1.29 is 23.7 Å². The molecule has 3 aromatic rings. The molecule has 1 N–H and O–H groups in total. The minimum atomic E-state index is -0.388. The molecule has 3 aliphatic heterocycles. The van der Waals surface area contributed by atoms with Gasteiger partial charge in [-0.3, -0.25) is 9.29 Å². The van der Waals surface area contributed by atoms with Crippen molar-refractivity contribution in [1.29, 1.82) is 0 Å². The first-order valence-corrected chi connectivity index (χ1v) is 13.0. The maximum Gasteiger partial charge on any atom is 0.150 e. The van der Waals surface area contributed by atoms with Crippen molar-refractivity contribution in [2.24, 2.45) is 5.92 Å².